The number of hydrogen-bond acceptors (Lipinski definition) is 5. The van der Waals surface area contributed by atoms with Crippen LogP contribution < -0.4 is 4.90 Å². The summed E-state index contributed by atoms with van der Waals surface area (Å²) in [5.41, 5.74) is 0.749. The third kappa shape index (κ3) is 2.66. The van der Waals surface area contributed by atoms with Gasteiger partial charge in [0.2, 0.25) is 0 Å². The first kappa shape index (κ1) is 13.3. The summed E-state index contributed by atoms with van der Waals surface area (Å²) in [5, 5.41) is 29.5. The van der Waals surface area contributed by atoms with Crippen molar-refractivity contribution in [2.75, 3.05) is 18.0 Å². The zero-order valence-corrected chi connectivity index (χ0v) is 10.6. The van der Waals surface area contributed by atoms with Gasteiger partial charge in [-0.1, -0.05) is 0 Å². The normalized spacial score (nSPS) is 20.1. The van der Waals surface area contributed by atoms with Crippen LogP contribution in [0.15, 0.2) is 18.2 Å². The highest BCUT2D eigenvalue weighted by Crippen LogP contribution is 2.33. The van der Waals surface area contributed by atoms with E-state index in [2.05, 4.69) is 0 Å². The number of aliphatic hydroxyl groups is 1. The molecule has 1 fully saturated rings. The van der Waals surface area contributed by atoms with E-state index in [-0.39, 0.29) is 17.2 Å². The third-order valence-corrected chi connectivity index (χ3v) is 3.55. The Morgan fingerprint density at radius 3 is 2.89 bits per heavy atom. The molecule has 100 valence electrons. The van der Waals surface area contributed by atoms with Crippen LogP contribution in [0.4, 0.5) is 11.4 Å². The molecule has 0 spiro atoms. The van der Waals surface area contributed by atoms with Gasteiger partial charge >= 0.3 is 0 Å². The molecule has 1 saturated heterocycles. The SMILES string of the molecule is CC(O)C1CCN(c2ccc(C#N)cc2[N+](=O)[O-])C1. The summed E-state index contributed by atoms with van der Waals surface area (Å²) in [4.78, 5) is 12.5. The van der Waals surface area contributed by atoms with Crippen LogP contribution >= 0.6 is 0 Å². The molecule has 0 aliphatic carbocycles. The molecule has 6 nitrogen and oxygen atoms in total. The molecule has 1 N–H and O–H groups in total. The molecule has 1 aliphatic rings. The Kier molecular flexibility index (Phi) is 3.67. The lowest BCUT2D eigenvalue weighted by Gasteiger charge is -2.19. The van der Waals surface area contributed by atoms with Gasteiger partial charge in [-0.05, 0) is 25.5 Å². The van der Waals surface area contributed by atoms with Crippen LogP contribution in [-0.4, -0.2) is 29.2 Å². The molecule has 6 heteroatoms. The van der Waals surface area contributed by atoms with Crippen molar-refractivity contribution in [3.63, 3.8) is 0 Å². The van der Waals surface area contributed by atoms with E-state index in [0.717, 1.165) is 6.42 Å². The molecule has 0 aromatic heterocycles. The summed E-state index contributed by atoms with van der Waals surface area (Å²) < 4.78 is 0. The molecular weight excluding hydrogens is 246 g/mol. The van der Waals surface area contributed by atoms with Gasteiger partial charge in [0.25, 0.3) is 5.69 Å². The van der Waals surface area contributed by atoms with Crippen LogP contribution in [0.25, 0.3) is 0 Å². The predicted molar refractivity (Wildman–Crippen MR) is 69.8 cm³/mol. The summed E-state index contributed by atoms with van der Waals surface area (Å²) in [6.07, 6.45) is 0.400. The first-order valence-electron chi connectivity index (χ1n) is 6.14. The van der Waals surface area contributed by atoms with Gasteiger partial charge in [0.1, 0.15) is 5.69 Å². The summed E-state index contributed by atoms with van der Waals surface area (Å²) in [6.45, 7) is 3.02. The fraction of sp³-hybridized carbons (Fsp3) is 0.462. The van der Waals surface area contributed by atoms with E-state index >= 15 is 0 Å². The second-order valence-electron chi connectivity index (χ2n) is 4.81. The minimum Gasteiger partial charge on any atom is -0.393 e. The largest absolute Gasteiger partial charge is 0.393 e. The van der Waals surface area contributed by atoms with Gasteiger partial charge in [0.15, 0.2) is 0 Å². The average Bonchev–Trinajstić information content (AvgIpc) is 2.87. The van der Waals surface area contributed by atoms with Crippen molar-refractivity contribution in [1.29, 1.82) is 5.26 Å². The highest BCUT2D eigenvalue weighted by Gasteiger charge is 2.29. The van der Waals surface area contributed by atoms with E-state index in [1.54, 1.807) is 19.1 Å². The third-order valence-electron chi connectivity index (χ3n) is 3.55. The van der Waals surface area contributed by atoms with Crippen LogP contribution in [0, 0.1) is 27.4 Å². The van der Waals surface area contributed by atoms with Crippen molar-refractivity contribution >= 4 is 11.4 Å². The van der Waals surface area contributed by atoms with Crippen molar-refractivity contribution in [2.45, 2.75) is 19.4 Å². The fourth-order valence-corrected chi connectivity index (χ4v) is 2.41. The molecule has 1 heterocycles. The minimum absolute atomic E-state index is 0.0507. The number of aliphatic hydroxyl groups excluding tert-OH is 1. The summed E-state index contributed by atoms with van der Waals surface area (Å²) >= 11 is 0. The van der Waals surface area contributed by atoms with E-state index < -0.39 is 11.0 Å². The summed E-state index contributed by atoms with van der Waals surface area (Å²) in [7, 11) is 0. The van der Waals surface area contributed by atoms with Gasteiger partial charge in [-0.25, -0.2) is 0 Å². The molecule has 2 unspecified atom stereocenters. The smallest absolute Gasteiger partial charge is 0.293 e. The Balaban J connectivity index is 2.31. The molecule has 1 aliphatic heterocycles. The van der Waals surface area contributed by atoms with Crippen molar-refractivity contribution in [3.05, 3.63) is 33.9 Å². The molecule has 0 radical (unpaired) electrons. The Bertz CT molecular complexity index is 536. The zero-order valence-electron chi connectivity index (χ0n) is 10.6. The fourth-order valence-electron chi connectivity index (χ4n) is 2.41. The maximum atomic E-state index is 11.1. The van der Waals surface area contributed by atoms with Crippen LogP contribution in [-0.2, 0) is 0 Å². The molecule has 2 rings (SSSR count). The summed E-state index contributed by atoms with van der Waals surface area (Å²) in [6, 6.07) is 6.39. The topological polar surface area (TPSA) is 90.4 Å². The highest BCUT2D eigenvalue weighted by atomic mass is 16.6. The van der Waals surface area contributed by atoms with Crippen LogP contribution in [0.5, 0.6) is 0 Å². The molecule has 1 aromatic carbocycles. The quantitative estimate of drug-likeness (QED) is 0.660. The van der Waals surface area contributed by atoms with Crippen LogP contribution in [0.2, 0.25) is 0 Å². The molecule has 2 atom stereocenters. The summed E-state index contributed by atoms with van der Waals surface area (Å²) in [5.74, 6) is 0.134. The van der Waals surface area contributed by atoms with Crippen molar-refractivity contribution in [3.8, 4) is 6.07 Å². The Labute approximate surface area is 111 Å². The molecule has 19 heavy (non-hydrogen) atoms. The molecule has 1 aromatic rings. The van der Waals surface area contributed by atoms with Gasteiger partial charge < -0.3 is 10.0 Å². The standard InChI is InChI=1S/C13H15N3O3/c1-9(17)11-4-5-15(8-11)12-3-2-10(7-14)6-13(12)16(18)19/h2-3,6,9,11,17H,4-5,8H2,1H3. The number of nitro benzene ring substituents is 1. The molecule has 0 saturated carbocycles. The lowest BCUT2D eigenvalue weighted by Crippen LogP contribution is -2.24. The number of nitriles is 1. The maximum Gasteiger partial charge on any atom is 0.293 e. The second-order valence-corrected chi connectivity index (χ2v) is 4.81. The van der Waals surface area contributed by atoms with Gasteiger partial charge in [-0.2, -0.15) is 5.26 Å². The molecule has 0 bridgehead atoms. The van der Waals surface area contributed by atoms with Gasteiger partial charge in [0.05, 0.1) is 22.7 Å². The predicted octanol–water partition coefficient (Wildman–Crippen LogP) is 1.67. The second kappa shape index (κ2) is 5.24. The zero-order chi connectivity index (χ0) is 14.0. The van der Waals surface area contributed by atoms with Crippen LogP contribution in [0.3, 0.4) is 0 Å². The monoisotopic (exact) mass is 261 g/mol. The van der Waals surface area contributed by atoms with E-state index in [9.17, 15) is 15.2 Å². The minimum atomic E-state index is -0.466. The lowest BCUT2D eigenvalue weighted by molar-refractivity contribution is -0.384. The first-order valence-corrected chi connectivity index (χ1v) is 6.14. The van der Waals surface area contributed by atoms with E-state index in [1.165, 1.54) is 6.07 Å². The number of nitrogens with zero attached hydrogens (tertiary/aromatic N) is 3. The van der Waals surface area contributed by atoms with Crippen molar-refractivity contribution in [1.82, 2.24) is 0 Å². The number of nitro groups is 1. The van der Waals surface area contributed by atoms with Crippen molar-refractivity contribution in [2.24, 2.45) is 5.92 Å². The van der Waals surface area contributed by atoms with Gasteiger partial charge in [-0.3, -0.25) is 10.1 Å². The maximum absolute atomic E-state index is 11.1. The van der Waals surface area contributed by atoms with E-state index in [0.29, 0.717) is 18.8 Å². The Morgan fingerprint density at radius 1 is 1.63 bits per heavy atom. The number of anilines is 1. The van der Waals surface area contributed by atoms with E-state index in [1.807, 2.05) is 11.0 Å². The Morgan fingerprint density at radius 2 is 2.37 bits per heavy atom. The van der Waals surface area contributed by atoms with Gasteiger partial charge in [0, 0.05) is 25.1 Å². The van der Waals surface area contributed by atoms with Crippen molar-refractivity contribution < 1.29 is 10.0 Å². The van der Waals surface area contributed by atoms with Gasteiger partial charge in [-0.15, -0.1) is 0 Å². The molecular formula is C13H15N3O3. The number of rotatable bonds is 3. The molecule has 0 amide bonds. The number of benzene rings is 1. The number of hydrogen-bond donors (Lipinski definition) is 1. The lowest BCUT2D eigenvalue weighted by atomic mass is 10.0. The Hall–Kier alpha value is -2.13. The van der Waals surface area contributed by atoms with Crippen LogP contribution in [0.1, 0.15) is 18.9 Å². The highest BCUT2D eigenvalue weighted by molar-refractivity contribution is 5.66. The van der Waals surface area contributed by atoms with E-state index in [4.69, 9.17) is 5.26 Å². The average molecular weight is 261 g/mol. The first-order chi connectivity index (χ1) is 9.02.